The molecule has 2 rings (SSSR count). The molecule has 0 aliphatic carbocycles. The number of phenolic OH excluding ortho intramolecular Hbond substituents is 1. The van der Waals surface area contributed by atoms with Gasteiger partial charge in [0.2, 0.25) is 0 Å². The molecule has 2 aromatic carbocycles. The zero-order chi connectivity index (χ0) is 16.1. The minimum absolute atomic E-state index is 0.0273. The summed E-state index contributed by atoms with van der Waals surface area (Å²) in [7, 11) is 0. The van der Waals surface area contributed by atoms with E-state index in [0.29, 0.717) is 15.7 Å². The van der Waals surface area contributed by atoms with E-state index in [0.717, 1.165) is 4.47 Å². The molecule has 22 heavy (non-hydrogen) atoms. The number of rotatable bonds is 3. The second kappa shape index (κ2) is 7.25. The van der Waals surface area contributed by atoms with Crippen molar-refractivity contribution in [2.45, 2.75) is 0 Å². The van der Waals surface area contributed by atoms with E-state index in [2.05, 4.69) is 37.2 Å². The molecule has 2 aromatic rings. The summed E-state index contributed by atoms with van der Waals surface area (Å²) in [6.45, 7) is 0. The van der Waals surface area contributed by atoms with Crippen LogP contribution >= 0.6 is 31.9 Å². The molecule has 0 aliphatic rings. The molecule has 6 heteroatoms. The van der Waals surface area contributed by atoms with E-state index in [1.165, 1.54) is 12.1 Å². The van der Waals surface area contributed by atoms with Crippen molar-refractivity contribution >= 4 is 49.5 Å². The van der Waals surface area contributed by atoms with Gasteiger partial charge in [0.1, 0.15) is 17.4 Å². The number of anilines is 1. The summed E-state index contributed by atoms with van der Waals surface area (Å²) in [6, 6.07) is 13.7. The highest BCUT2D eigenvalue weighted by molar-refractivity contribution is 9.10. The summed E-state index contributed by atoms with van der Waals surface area (Å²) < 4.78 is 1.39. The average molecular weight is 422 g/mol. The van der Waals surface area contributed by atoms with Crippen molar-refractivity contribution in [3.8, 4) is 11.8 Å². The lowest BCUT2D eigenvalue weighted by molar-refractivity contribution is -0.112. The molecule has 0 radical (unpaired) electrons. The Hall–Kier alpha value is -2.10. The van der Waals surface area contributed by atoms with E-state index in [1.807, 2.05) is 6.07 Å². The van der Waals surface area contributed by atoms with Gasteiger partial charge < -0.3 is 10.4 Å². The molecule has 0 fully saturated rings. The Bertz CT molecular complexity index is 778. The van der Waals surface area contributed by atoms with Gasteiger partial charge in [-0.1, -0.05) is 22.0 Å². The van der Waals surface area contributed by atoms with Crippen molar-refractivity contribution in [3.05, 3.63) is 62.5 Å². The summed E-state index contributed by atoms with van der Waals surface area (Å²) in [5.41, 5.74) is 1.20. The molecule has 0 unspecified atom stereocenters. The van der Waals surface area contributed by atoms with E-state index >= 15 is 0 Å². The van der Waals surface area contributed by atoms with Crippen LogP contribution in [0.5, 0.6) is 5.75 Å². The molecular weight excluding hydrogens is 412 g/mol. The highest BCUT2D eigenvalue weighted by Crippen LogP contribution is 2.25. The molecule has 0 atom stereocenters. The number of benzene rings is 2. The van der Waals surface area contributed by atoms with Gasteiger partial charge in [0.05, 0.1) is 4.47 Å². The number of carbonyl (C=O) groups is 1. The zero-order valence-electron chi connectivity index (χ0n) is 11.2. The second-order valence-electron chi connectivity index (χ2n) is 4.34. The van der Waals surface area contributed by atoms with Crippen LogP contribution in [0.1, 0.15) is 5.56 Å². The van der Waals surface area contributed by atoms with Gasteiger partial charge in [0, 0.05) is 10.2 Å². The summed E-state index contributed by atoms with van der Waals surface area (Å²) in [6.07, 6.45) is 1.46. The number of phenols is 1. The van der Waals surface area contributed by atoms with Gasteiger partial charge in [-0.15, -0.1) is 0 Å². The van der Waals surface area contributed by atoms with E-state index in [9.17, 15) is 9.90 Å². The minimum atomic E-state index is -0.492. The average Bonchev–Trinajstić information content (AvgIpc) is 2.50. The largest absolute Gasteiger partial charge is 0.507 e. The van der Waals surface area contributed by atoms with Crippen LogP contribution in [0.3, 0.4) is 0 Å². The van der Waals surface area contributed by atoms with Gasteiger partial charge in [0.15, 0.2) is 0 Å². The van der Waals surface area contributed by atoms with E-state index in [-0.39, 0.29) is 11.3 Å². The molecule has 0 heterocycles. The summed E-state index contributed by atoms with van der Waals surface area (Å²) >= 11 is 6.50. The van der Waals surface area contributed by atoms with Crippen molar-refractivity contribution in [3.63, 3.8) is 0 Å². The van der Waals surface area contributed by atoms with Crippen LogP contribution in [-0.4, -0.2) is 11.0 Å². The fraction of sp³-hybridized carbons (Fsp3) is 0. The second-order valence-corrected chi connectivity index (χ2v) is 6.11. The zero-order valence-corrected chi connectivity index (χ0v) is 14.3. The maximum atomic E-state index is 12.1. The quantitative estimate of drug-likeness (QED) is 0.567. The van der Waals surface area contributed by atoms with Crippen LogP contribution in [0, 0.1) is 11.3 Å². The molecule has 4 nitrogen and oxygen atoms in total. The van der Waals surface area contributed by atoms with Crippen molar-refractivity contribution in [1.82, 2.24) is 0 Å². The number of amides is 1. The topological polar surface area (TPSA) is 73.1 Å². The summed E-state index contributed by atoms with van der Waals surface area (Å²) in [5.74, 6) is -0.399. The number of aromatic hydroxyl groups is 1. The van der Waals surface area contributed by atoms with Crippen LogP contribution in [0.15, 0.2) is 57.0 Å². The normalized spacial score (nSPS) is 10.9. The number of nitrogens with zero attached hydrogens (tertiary/aromatic N) is 1. The van der Waals surface area contributed by atoms with Gasteiger partial charge in [-0.25, -0.2) is 0 Å². The lowest BCUT2D eigenvalue weighted by Crippen LogP contribution is -2.13. The number of nitrogens with one attached hydrogen (secondary N) is 1. The Morgan fingerprint density at radius 2 is 1.86 bits per heavy atom. The van der Waals surface area contributed by atoms with Crippen LogP contribution in [-0.2, 0) is 4.79 Å². The molecule has 0 saturated heterocycles. The number of halogens is 2. The molecule has 0 aliphatic heterocycles. The smallest absolute Gasteiger partial charge is 0.266 e. The standard InChI is InChI=1S/C16H10Br2N2O2/c17-12-2-4-13(5-3-12)20-16(22)11(9-19)7-10-1-6-15(21)14(18)8-10/h1-8,21H,(H,20,22)/b11-7-. The molecule has 2 N–H and O–H groups in total. The third-order valence-electron chi connectivity index (χ3n) is 2.75. The Kier molecular flexibility index (Phi) is 5.36. The fourth-order valence-electron chi connectivity index (χ4n) is 1.66. The first-order valence-electron chi connectivity index (χ1n) is 6.17. The first-order valence-corrected chi connectivity index (χ1v) is 7.75. The van der Waals surface area contributed by atoms with Gasteiger partial charge >= 0.3 is 0 Å². The maximum absolute atomic E-state index is 12.1. The maximum Gasteiger partial charge on any atom is 0.266 e. The number of hydrogen-bond acceptors (Lipinski definition) is 3. The molecule has 0 saturated carbocycles. The Labute approximate surface area is 144 Å². The van der Waals surface area contributed by atoms with Gasteiger partial charge in [-0.3, -0.25) is 4.79 Å². The molecule has 0 spiro atoms. The monoisotopic (exact) mass is 420 g/mol. The molecule has 0 bridgehead atoms. The van der Waals surface area contributed by atoms with Gasteiger partial charge in [-0.05, 0) is 64.0 Å². The van der Waals surface area contributed by atoms with Crippen LogP contribution in [0.2, 0.25) is 0 Å². The summed E-state index contributed by atoms with van der Waals surface area (Å²) in [4.78, 5) is 12.1. The highest BCUT2D eigenvalue weighted by Gasteiger charge is 2.10. The van der Waals surface area contributed by atoms with E-state index < -0.39 is 5.91 Å². The lowest BCUT2D eigenvalue weighted by atomic mass is 10.1. The van der Waals surface area contributed by atoms with Crippen LogP contribution in [0.25, 0.3) is 6.08 Å². The highest BCUT2D eigenvalue weighted by atomic mass is 79.9. The van der Waals surface area contributed by atoms with Crippen molar-refractivity contribution < 1.29 is 9.90 Å². The first-order chi connectivity index (χ1) is 10.5. The van der Waals surface area contributed by atoms with Gasteiger partial charge in [0.25, 0.3) is 5.91 Å². The molecular formula is C16H10Br2N2O2. The third-order valence-corrected chi connectivity index (χ3v) is 3.91. The Morgan fingerprint density at radius 1 is 1.18 bits per heavy atom. The predicted molar refractivity (Wildman–Crippen MR) is 92.2 cm³/mol. The van der Waals surface area contributed by atoms with Gasteiger partial charge in [-0.2, -0.15) is 5.26 Å². The van der Waals surface area contributed by atoms with Crippen molar-refractivity contribution in [2.75, 3.05) is 5.32 Å². The molecule has 0 aromatic heterocycles. The van der Waals surface area contributed by atoms with E-state index in [1.54, 1.807) is 36.4 Å². The number of carbonyl (C=O) groups excluding carboxylic acids is 1. The van der Waals surface area contributed by atoms with Crippen molar-refractivity contribution in [1.29, 1.82) is 5.26 Å². The third kappa shape index (κ3) is 4.20. The minimum Gasteiger partial charge on any atom is -0.507 e. The molecule has 1 amide bonds. The van der Waals surface area contributed by atoms with Crippen LogP contribution in [0.4, 0.5) is 5.69 Å². The fourth-order valence-corrected chi connectivity index (χ4v) is 2.32. The molecule has 110 valence electrons. The first kappa shape index (κ1) is 16.3. The van der Waals surface area contributed by atoms with Crippen molar-refractivity contribution in [2.24, 2.45) is 0 Å². The summed E-state index contributed by atoms with van der Waals surface area (Å²) in [5, 5.41) is 21.3. The number of nitriles is 1. The SMILES string of the molecule is N#C/C(=C/c1ccc(O)c(Br)c1)C(=O)Nc1ccc(Br)cc1. The Morgan fingerprint density at radius 3 is 2.45 bits per heavy atom. The Balaban J connectivity index is 2.21. The predicted octanol–water partition coefficient (Wildman–Crippen LogP) is 4.46. The van der Waals surface area contributed by atoms with Crippen LogP contribution < -0.4 is 5.32 Å². The lowest BCUT2D eigenvalue weighted by Gasteiger charge is -2.05. The van der Waals surface area contributed by atoms with E-state index in [4.69, 9.17) is 5.26 Å². The number of hydrogen-bond donors (Lipinski definition) is 2.